The van der Waals surface area contributed by atoms with Crippen molar-refractivity contribution in [2.75, 3.05) is 0 Å². The van der Waals surface area contributed by atoms with Crippen LogP contribution in [0.25, 0.3) is 0 Å². The zero-order valence-electron chi connectivity index (χ0n) is 14.1. The van der Waals surface area contributed by atoms with Crippen LogP contribution < -0.4 is 10.1 Å². The minimum Gasteiger partial charge on any atom is -0.488 e. The molecule has 0 unspecified atom stereocenters. The van der Waals surface area contributed by atoms with Gasteiger partial charge >= 0.3 is 5.97 Å². The van der Waals surface area contributed by atoms with Crippen molar-refractivity contribution in [2.24, 2.45) is 0 Å². The Balaban J connectivity index is 0.00000243. The van der Waals surface area contributed by atoms with E-state index in [0.29, 0.717) is 18.7 Å². The molecule has 0 radical (unpaired) electrons. The van der Waals surface area contributed by atoms with Crippen LogP contribution >= 0.6 is 23.7 Å². The molecule has 6 heteroatoms. The standard InChI is InChI=1S/C20H19NO3S.ClH/c22-20(23)17-7-3-15(4-8-17)12-21-13-16-5-9-18(10-6-16)24-14-19-2-1-11-25-19;/h1-11,21H,12-14H2,(H,22,23);1H. The maximum Gasteiger partial charge on any atom is 0.335 e. The van der Waals surface area contributed by atoms with Crippen LogP contribution in [0.5, 0.6) is 5.75 Å². The van der Waals surface area contributed by atoms with E-state index in [0.717, 1.165) is 17.9 Å². The SMILES string of the molecule is Cl.O=C(O)c1ccc(CNCc2ccc(OCc3cccs3)cc2)cc1. The molecule has 3 aromatic rings. The second kappa shape index (κ2) is 9.97. The van der Waals surface area contributed by atoms with Crippen molar-refractivity contribution < 1.29 is 14.6 Å². The van der Waals surface area contributed by atoms with Gasteiger partial charge in [-0.25, -0.2) is 4.79 Å². The Bertz CT molecular complexity index is 802. The van der Waals surface area contributed by atoms with Crippen molar-refractivity contribution in [2.45, 2.75) is 19.7 Å². The van der Waals surface area contributed by atoms with Crippen LogP contribution in [0.1, 0.15) is 26.4 Å². The topological polar surface area (TPSA) is 58.6 Å². The molecule has 1 aromatic heterocycles. The lowest BCUT2D eigenvalue weighted by molar-refractivity contribution is 0.0697. The molecule has 0 saturated heterocycles. The summed E-state index contributed by atoms with van der Waals surface area (Å²) in [5.74, 6) is -0.0395. The average Bonchev–Trinajstić information content (AvgIpc) is 3.15. The number of hydrogen-bond acceptors (Lipinski definition) is 4. The molecule has 0 bridgehead atoms. The Morgan fingerprint density at radius 3 is 2.12 bits per heavy atom. The van der Waals surface area contributed by atoms with Crippen LogP contribution in [-0.2, 0) is 19.7 Å². The van der Waals surface area contributed by atoms with Gasteiger partial charge in [-0.1, -0.05) is 30.3 Å². The van der Waals surface area contributed by atoms with Crippen molar-refractivity contribution in [3.8, 4) is 5.75 Å². The summed E-state index contributed by atoms with van der Waals surface area (Å²) in [6.45, 7) is 2.03. The number of rotatable bonds is 8. The second-order valence-corrected chi connectivity index (χ2v) is 6.65. The van der Waals surface area contributed by atoms with E-state index < -0.39 is 5.97 Å². The van der Waals surface area contributed by atoms with Gasteiger partial charge in [-0.05, 0) is 46.8 Å². The summed E-state index contributed by atoms with van der Waals surface area (Å²) >= 11 is 1.69. The number of benzene rings is 2. The van der Waals surface area contributed by atoms with Gasteiger partial charge in [-0.3, -0.25) is 0 Å². The maximum absolute atomic E-state index is 10.8. The molecule has 0 aliphatic rings. The van der Waals surface area contributed by atoms with Crippen LogP contribution in [0, 0.1) is 0 Å². The summed E-state index contributed by atoms with van der Waals surface area (Å²) in [4.78, 5) is 12.0. The number of carboxylic acids is 1. The van der Waals surface area contributed by atoms with Crippen molar-refractivity contribution in [3.05, 3.63) is 87.6 Å². The highest BCUT2D eigenvalue weighted by Gasteiger charge is 2.02. The third-order valence-electron chi connectivity index (χ3n) is 3.74. The fourth-order valence-corrected chi connectivity index (χ4v) is 2.99. The first-order valence-electron chi connectivity index (χ1n) is 7.98. The summed E-state index contributed by atoms with van der Waals surface area (Å²) in [6, 6.07) is 19.0. The molecule has 26 heavy (non-hydrogen) atoms. The van der Waals surface area contributed by atoms with Gasteiger partial charge < -0.3 is 15.2 Å². The van der Waals surface area contributed by atoms with Crippen LogP contribution in [-0.4, -0.2) is 11.1 Å². The predicted molar refractivity (Wildman–Crippen MR) is 106 cm³/mol. The lowest BCUT2D eigenvalue weighted by atomic mass is 10.1. The van der Waals surface area contributed by atoms with Crippen LogP contribution in [0.4, 0.5) is 0 Å². The highest BCUT2D eigenvalue weighted by molar-refractivity contribution is 7.09. The molecular weight excluding hydrogens is 370 g/mol. The van der Waals surface area contributed by atoms with E-state index in [2.05, 4.69) is 11.4 Å². The monoisotopic (exact) mass is 389 g/mol. The first-order chi connectivity index (χ1) is 12.2. The molecule has 0 saturated carbocycles. The van der Waals surface area contributed by atoms with E-state index in [9.17, 15) is 4.79 Å². The number of halogens is 1. The van der Waals surface area contributed by atoms with Crippen molar-refractivity contribution in [1.29, 1.82) is 0 Å². The van der Waals surface area contributed by atoms with E-state index in [4.69, 9.17) is 9.84 Å². The molecule has 0 spiro atoms. The van der Waals surface area contributed by atoms with Gasteiger partial charge in [0, 0.05) is 18.0 Å². The van der Waals surface area contributed by atoms with Crippen LogP contribution in [0.3, 0.4) is 0 Å². The first kappa shape index (κ1) is 20.0. The molecule has 0 atom stereocenters. The van der Waals surface area contributed by atoms with Gasteiger partial charge in [0.2, 0.25) is 0 Å². The number of nitrogens with one attached hydrogen (secondary N) is 1. The highest BCUT2D eigenvalue weighted by atomic mass is 35.5. The van der Waals surface area contributed by atoms with Gasteiger partial charge in [0.1, 0.15) is 12.4 Å². The lowest BCUT2D eigenvalue weighted by Gasteiger charge is -2.08. The maximum atomic E-state index is 10.8. The van der Waals surface area contributed by atoms with E-state index in [1.54, 1.807) is 23.5 Å². The third kappa shape index (κ3) is 5.88. The molecule has 2 N–H and O–H groups in total. The molecular formula is C20H20ClNO3S. The first-order valence-corrected chi connectivity index (χ1v) is 8.86. The smallest absolute Gasteiger partial charge is 0.335 e. The third-order valence-corrected chi connectivity index (χ3v) is 4.59. The predicted octanol–water partition coefficient (Wildman–Crippen LogP) is 4.74. The molecule has 0 amide bonds. The Labute approximate surface area is 162 Å². The number of carboxylic acid groups (broad SMARTS) is 1. The van der Waals surface area contributed by atoms with Crippen LogP contribution in [0.2, 0.25) is 0 Å². The van der Waals surface area contributed by atoms with Gasteiger partial charge in [-0.15, -0.1) is 23.7 Å². The number of hydrogen-bond donors (Lipinski definition) is 2. The van der Waals surface area contributed by atoms with Crippen molar-refractivity contribution in [1.82, 2.24) is 5.32 Å². The van der Waals surface area contributed by atoms with Crippen molar-refractivity contribution >= 4 is 29.7 Å². The summed E-state index contributed by atoms with van der Waals surface area (Å²) in [5.41, 5.74) is 2.54. The Hall–Kier alpha value is -2.34. The molecule has 0 fully saturated rings. The summed E-state index contributed by atoms with van der Waals surface area (Å²) < 4.78 is 5.75. The van der Waals surface area contributed by atoms with Gasteiger partial charge in [-0.2, -0.15) is 0 Å². The zero-order chi connectivity index (χ0) is 17.5. The highest BCUT2D eigenvalue weighted by Crippen LogP contribution is 2.16. The molecule has 0 aliphatic carbocycles. The molecule has 0 aliphatic heterocycles. The molecule has 136 valence electrons. The summed E-state index contributed by atoms with van der Waals surface area (Å²) in [5, 5.41) is 14.3. The molecule has 2 aromatic carbocycles. The van der Waals surface area contributed by atoms with E-state index in [1.807, 2.05) is 47.8 Å². The normalized spacial score (nSPS) is 10.2. The van der Waals surface area contributed by atoms with Crippen LogP contribution in [0.15, 0.2) is 66.0 Å². The Kier molecular flexibility index (Phi) is 7.66. The average molecular weight is 390 g/mol. The fourth-order valence-electron chi connectivity index (χ4n) is 2.37. The number of aromatic carboxylic acids is 1. The minimum atomic E-state index is -0.902. The fraction of sp³-hybridized carbons (Fsp3) is 0.150. The Morgan fingerprint density at radius 2 is 1.58 bits per heavy atom. The second-order valence-electron chi connectivity index (χ2n) is 5.62. The molecule has 3 rings (SSSR count). The van der Waals surface area contributed by atoms with E-state index >= 15 is 0 Å². The number of thiophene rings is 1. The molecule has 4 nitrogen and oxygen atoms in total. The number of carbonyl (C=O) groups is 1. The van der Waals surface area contributed by atoms with Crippen molar-refractivity contribution in [3.63, 3.8) is 0 Å². The largest absolute Gasteiger partial charge is 0.488 e. The lowest BCUT2D eigenvalue weighted by Crippen LogP contribution is -2.12. The summed E-state index contributed by atoms with van der Waals surface area (Å²) in [7, 11) is 0. The zero-order valence-corrected chi connectivity index (χ0v) is 15.7. The van der Waals surface area contributed by atoms with E-state index in [-0.39, 0.29) is 12.4 Å². The minimum absolute atomic E-state index is 0. The van der Waals surface area contributed by atoms with Gasteiger partial charge in [0.15, 0.2) is 0 Å². The quantitative estimate of drug-likeness (QED) is 0.584. The Morgan fingerprint density at radius 1 is 0.962 bits per heavy atom. The molecule has 1 heterocycles. The van der Waals surface area contributed by atoms with Gasteiger partial charge in [0.05, 0.1) is 5.56 Å². The summed E-state index contributed by atoms with van der Waals surface area (Å²) in [6.07, 6.45) is 0. The van der Waals surface area contributed by atoms with E-state index in [1.165, 1.54) is 10.4 Å². The van der Waals surface area contributed by atoms with Gasteiger partial charge in [0.25, 0.3) is 0 Å². The number of ether oxygens (including phenoxy) is 1.